The summed E-state index contributed by atoms with van der Waals surface area (Å²) in [6.45, 7) is 0.745. The molecule has 1 aliphatic rings. The van der Waals surface area contributed by atoms with E-state index in [0.717, 1.165) is 52.3 Å². The van der Waals surface area contributed by atoms with Crippen LogP contribution in [0.1, 0.15) is 16.7 Å². The lowest BCUT2D eigenvalue weighted by Crippen LogP contribution is -2.16. The van der Waals surface area contributed by atoms with Crippen LogP contribution in [0.25, 0.3) is 11.0 Å². The van der Waals surface area contributed by atoms with Gasteiger partial charge in [-0.3, -0.25) is 4.99 Å². The highest BCUT2D eigenvalue weighted by Crippen LogP contribution is 2.28. The first-order valence-electron chi connectivity index (χ1n) is 8.17. The van der Waals surface area contributed by atoms with Gasteiger partial charge in [0, 0.05) is 29.8 Å². The second-order valence-corrected chi connectivity index (χ2v) is 6.07. The number of ether oxygens (including phenoxy) is 2. The maximum absolute atomic E-state index is 11.6. The number of benzene rings is 2. The summed E-state index contributed by atoms with van der Waals surface area (Å²) in [5, 5.41) is 0. The monoisotopic (exact) mass is 337 g/mol. The fraction of sp³-hybridized carbons (Fsp3) is 0.263. The molecule has 1 aromatic heterocycles. The van der Waals surface area contributed by atoms with Crippen LogP contribution in [0.5, 0.6) is 11.5 Å². The Kier molecular flexibility index (Phi) is 3.80. The second kappa shape index (κ2) is 6.12. The summed E-state index contributed by atoms with van der Waals surface area (Å²) in [6.07, 6.45) is 1.52. The summed E-state index contributed by atoms with van der Waals surface area (Å²) in [5.41, 5.74) is 5.76. The fourth-order valence-electron chi connectivity index (χ4n) is 3.35. The smallest absolute Gasteiger partial charge is 0.323 e. The van der Waals surface area contributed by atoms with Crippen molar-refractivity contribution < 1.29 is 9.47 Å². The van der Waals surface area contributed by atoms with Crippen molar-refractivity contribution in [3.05, 3.63) is 57.5 Å². The van der Waals surface area contributed by atoms with Gasteiger partial charge < -0.3 is 19.4 Å². The molecule has 2 heterocycles. The van der Waals surface area contributed by atoms with Crippen LogP contribution in [0.4, 0.5) is 0 Å². The molecule has 128 valence electrons. The Hall–Kier alpha value is -3.02. The predicted octanol–water partition coefficient (Wildman–Crippen LogP) is 2.46. The summed E-state index contributed by atoms with van der Waals surface area (Å²) in [4.78, 5) is 21.9. The van der Waals surface area contributed by atoms with Crippen molar-refractivity contribution in [3.8, 4) is 11.5 Å². The Morgan fingerprint density at radius 1 is 1.08 bits per heavy atom. The van der Waals surface area contributed by atoms with Crippen molar-refractivity contribution in [2.75, 3.05) is 20.8 Å². The lowest BCUT2D eigenvalue weighted by molar-refractivity contribution is 0.400. The predicted molar refractivity (Wildman–Crippen MR) is 97.3 cm³/mol. The molecule has 0 bridgehead atoms. The molecule has 0 aliphatic carbocycles. The Bertz CT molecular complexity index is 1030. The van der Waals surface area contributed by atoms with Gasteiger partial charge in [0.05, 0.1) is 25.3 Å². The summed E-state index contributed by atoms with van der Waals surface area (Å²) < 4.78 is 10.8. The topological polar surface area (TPSA) is 79.5 Å². The SMILES string of the molecule is COc1ccc(OC)c(CC2=NCCc3cc4[nH]c(=O)[nH]c4cc32)c1. The largest absolute Gasteiger partial charge is 0.497 e. The van der Waals surface area contributed by atoms with Gasteiger partial charge in [0.2, 0.25) is 0 Å². The van der Waals surface area contributed by atoms with E-state index in [1.807, 2.05) is 30.3 Å². The van der Waals surface area contributed by atoms with E-state index in [0.29, 0.717) is 6.42 Å². The number of aliphatic imine (C=N–C) groups is 1. The average molecular weight is 337 g/mol. The molecule has 1 aliphatic heterocycles. The van der Waals surface area contributed by atoms with E-state index in [9.17, 15) is 4.79 Å². The Morgan fingerprint density at radius 2 is 1.88 bits per heavy atom. The van der Waals surface area contributed by atoms with Gasteiger partial charge in [0.25, 0.3) is 0 Å². The Labute approximate surface area is 144 Å². The number of aromatic amines is 2. The summed E-state index contributed by atoms with van der Waals surface area (Å²) in [5.74, 6) is 1.60. The van der Waals surface area contributed by atoms with Gasteiger partial charge >= 0.3 is 5.69 Å². The molecule has 3 aromatic rings. The average Bonchev–Trinajstić information content (AvgIpc) is 2.99. The molecule has 0 atom stereocenters. The van der Waals surface area contributed by atoms with Crippen molar-refractivity contribution in [2.24, 2.45) is 4.99 Å². The third-order valence-corrected chi connectivity index (χ3v) is 4.58. The number of nitrogens with one attached hydrogen (secondary N) is 2. The molecular formula is C19H19N3O3. The molecule has 6 heteroatoms. The van der Waals surface area contributed by atoms with Gasteiger partial charge in [0.1, 0.15) is 11.5 Å². The van der Waals surface area contributed by atoms with Crippen LogP contribution in [0.15, 0.2) is 40.1 Å². The van der Waals surface area contributed by atoms with E-state index in [4.69, 9.17) is 14.5 Å². The first kappa shape index (κ1) is 15.5. The van der Waals surface area contributed by atoms with Crippen LogP contribution in [0.3, 0.4) is 0 Å². The third-order valence-electron chi connectivity index (χ3n) is 4.58. The summed E-state index contributed by atoms with van der Waals surface area (Å²) in [6, 6.07) is 9.82. The summed E-state index contributed by atoms with van der Waals surface area (Å²) >= 11 is 0. The molecule has 0 radical (unpaired) electrons. The standard InChI is InChI=1S/C19H19N3O3/c1-24-13-3-4-18(25-2)12(7-13)9-15-14-10-17-16(21-19(23)22-17)8-11(14)5-6-20-15/h3-4,7-8,10H,5-6,9H2,1-2H3,(H2,21,22,23). The third kappa shape index (κ3) is 2.80. The normalized spacial score (nSPS) is 13.4. The van der Waals surface area contributed by atoms with E-state index in [-0.39, 0.29) is 5.69 Å². The van der Waals surface area contributed by atoms with Gasteiger partial charge in [0.15, 0.2) is 0 Å². The van der Waals surface area contributed by atoms with E-state index >= 15 is 0 Å². The minimum Gasteiger partial charge on any atom is -0.497 e. The zero-order valence-electron chi connectivity index (χ0n) is 14.2. The Morgan fingerprint density at radius 3 is 2.64 bits per heavy atom. The number of rotatable bonds is 4. The van der Waals surface area contributed by atoms with Gasteiger partial charge in [-0.15, -0.1) is 0 Å². The maximum atomic E-state index is 11.6. The fourth-order valence-corrected chi connectivity index (χ4v) is 3.35. The number of fused-ring (bicyclic) bond motifs is 2. The van der Waals surface area contributed by atoms with Crippen LogP contribution < -0.4 is 15.2 Å². The zero-order valence-corrected chi connectivity index (χ0v) is 14.2. The van der Waals surface area contributed by atoms with Crippen molar-refractivity contribution in [1.29, 1.82) is 0 Å². The van der Waals surface area contributed by atoms with E-state index < -0.39 is 0 Å². The quantitative estimate of drug-likeness (QED) is 0.767. The van der Waals surface area contributed by atoms with Crippen LogP contribution in [-0.2, 0) is 12.8 Å². The van der Waals surface area contributed by atoms with Gasteiger partial charge in [-0.1, -0.05) is 0 Å². The van der Waals surface area contributed by atoms with E-state index in [1.165, 1.54) is 5.56 Å². The van der Waals surface area contributed by atoms with Crippen molar-refractivity contribution in [3.63, 3.8) is 0 Å². The molecule has 2 N–H and O–H groups in total. The van der Waals surface area contributed by atoms with Gasteiger partial charge in [-0.25, -0.2) is 4.79 Å². The molecule has 6 nitrogen and oxygen atoms in total. The number of H-pyrrole nitrogens is 2. The minimum atomic E-state index is -0.190. The molecule has 0 unspecified atom stereocenters. The van der Waals surface area contributed by atoms with Crippen LogP contribution in [0, 0.1) is 0 Å². The molecule has 0 saturated heterocycles. The minimum absolute atomic E-state index is 0.190. The first-order valence-corrected chi connectivity index (χ1v) is 8.17. The van der Waals surface area contributed by atoms with Crippen molar-refractivity contribution >= 4 is 16.7 Å². The van der Waals surface area contributed by atoms with Gasteiger partial charge in [-0.05, 0) is 42.3 Å². The van der Waals surface area contributed by atoms with Crippen LogP contribution >= 0.6 is 0 Å². The lowest BCUT2D eigenvalue weighted by Gasteiger charge is -2.18. The molecule has 25 heavy (non-hydrogen) atoms. The molecular weight excluding hydrogens is 318 g/mol. The maximum Gasteiger partial charge on any atom is 0.323 e. The number of methoxy groups -OCH3 is 2. The Balaban J connectivity index is 1.76. The van der Waals surface area contributed by atoms with Gasteiger partial charge in [-0.2, -0.15) is 0 Å². The number of nitrogens with zero attached hydrogens (tertiary/aromatic N) is 1. The zero-order chi connectivity index (χ0) is 17.4. The number of hydrogen-bond acceptors (Lipinski definition) is 4. The van der Waals surface area contributed by atoms with E-state index in [2.05, 4.69) is 9.97 Å². The molecule has 0 amide bonds. The second-order valence-electron chi connectivity index (χ2n) is 6.07. The number of imidazole rings is 1. The lowest BCUT2D eigenvalue weighted by atomic mass is 9.93. The number of hydrogen-bond donors (Lipinski definition) is 2. The van der Waals surface area contributed by atoms with Crippen LogP contribution in [0.2, 0.25) is 0 Å². The molecule has 0 saturated carbocycles. The number of aromatic nitrogens is 2. The molecule has 0 fully saturated rings. The van der Waals surface area contributed by atoms with Crippen molar-refractivity contribution in [1.82, 2.24) is 9.97 Å². The molecule has 0 spiro atoms. The molecule has 4 rings (SSSR count). The highest BCUT2D eigenvalue weighted by atomic mass is 16.5. The van der Waals surface area contributed by atoms with Crippen molar-refractivity contribution in [2.45, 2.75) is 12.8 Å². The highest BCUT2D eigenvalue weighted by Gasteiger charge is 2.18. The summed E-state index contributed by atoms with van der Waals surface area (Å²) in [7, 11) is 3.31. The van der Waals surface area contributed by atoms with Crippen LogP contribution in [-0.4, -0.2) is 36.4 Å². The molecule has 2 aromatic carbocycles. The van der Waals surface area contributed by atoms with E-state index in [1.54, 1.807) is 14.2 Å². The highest BCUT2D eigenvalue weighted by molar-refractivity contribution is 6.06. The first-order chi connectivity index (χ1) is 12.2.